The van der Waals surface area contributed by atoms with Gasteiger partial charge in [-0.1, -0.05) is 49.4 Å². The van der Waals surface area contributed by atoms with Crippen molar-refractivity contribution < 1.29 is 4.39 Å². The van der Waals surface area contributed by atoms with Crippen molar-refractivity contribution in [2.24, 2.45) is 10.9 Å². The molecule has 0 bridgehead atoms. The largest absolute Gasteiger partial charge is 0.383 e. The van der Waals surface area contributed by atoms with Gasteiger partial charge in [-0.3, -0.25) is 4.99 Å². The van der Waals surface area contributed by atoms with Gasteiger partial charge in [-0.15, -0.1) is 0 Å². The second kappa shape index (κ2) is 7.24. The average molecular weight is 427 g/mol. The van der Waals surface area contributed by atoms with E-state index in [2.05, 4.69) is 46.1 Å². The number of likely N-dealkylation sites (tertiary alicyclic amines) is 1. The monoisotopic (exact) mass is 426 g/mol. The number of fused-ring (bicyclic) bond motifs is 2. The third-order valence-corrected chi connectivity index (χ3v) is 7.63. The van der Waals surface area contributed by atoms with E-state index in [9.17, 15) is 4.39 Å². The van der Waals surface area contributed by atoms with Crippen LogP contribution in [0.25, 0.3) is 22.3 Å². The van der Waals surface area contributed by atoms with Gasteiger partial charge in [0.05, 0.1) is 0 Å². The lowest BCUT2D eigenvalue weighted by molar-refractivity contribution is 0.314. The number of nitrogens with zero attached hydrogens (tertiary/aromatic N) is 3. The van der Waals surface area contributed by atoms with Gasteiger partial charge in [0.1, 0.15) is 5.82 Å². The van der Waals surface area contributed by atoms with Crippen molar-refractivity contribution in [1.82, 2.24) is 9.88 Å². The van der Waals surface area contributed by atoms with Crippen molar-refractivity contribution in [2.45, 2.75) is 25.2 Å². The van der Waals surface area contributed by atoms with Gasteiger partial charge < -0.3 is 10.6 Å². The summed E-state index contributed by atoms with van der Waals surface area (Å²) in [5.41, 5.74) is 13.3. The van der Waals surface area contributed by atoms with Crippen molar-refractivity contribution >= 4 is 12.0 Å². The minimum Gasteiger partial charge on any atom is -0.383 e. The van der Waals surface area contributed by atoms with Crippen LogP contribution in [0.1, 0.15) is 30.0 Å². The molecule has 2 N–H and O–H groups in total. The van der Waals surface area contributed by atoms with Crippen LogP contribution >= 0.6 is 0 Å². The molecule has 3 aliphatic rings. The Morgan fingerprint density at radius 2 is 1.91 bits per heavy atom. The second-order valence-corrected chi connectivity index (χ2v) is 9.42. The Kier molecular flexibility index (Phi) is 4.44. The minimum absolute atomic E-state index is 0.220. The number of pyridine rings is 1. The van der Waals surface area contributed by atoms with Crippen molar-refractivity contribution in [3.05, 3.63) is 71.2 Å². The van der Waals surface area contributed by atoms with Gasteiger partial charge in [-0.25, -0.2) is 4.98 Å². The molecular weight excluding hydrogens is 399 g/mol. The first-order chi connectivity index (χ1) is 15.6. The molecular formula is C27H27FN4. The van der Waals surface area contributed by atoms with Crippen LogP contribution in [0.15, 0.2) is 53.5 Å². The Labute approximate surface area is 188 Å². The molecule has 32 heavy (non-hydrogen) atoms. The average Bonchev–Trinajstić information content (AvgIpc) is 3.39. The number of nitrogens with two attached hydrogens (primary N) is 1. The third kappa shape index (κ3) is 3.06. The van der Waals surface area contributed by atoms with Crippen molar-refractivity contribution in [3.8, 4) is 22.3 Å². The predicted octanol–water partition coefficient (Wildman–Crippen LogP) is 4.71. The van der Waals surface area contributed by atoms with Crippen molar-refractivity contribution in [1.29, 1.82) is 0 Å². The first-order valence-corrected chi connectivity index (χ1v) is 11.5. The summed E-state index contributed by atoms with van der Waals surface area (Å²) < 4.78 is 14.9. The molecule has 0 amide bonds. The number of aromatic nitrogens is 1. The van der Waals surface area contributed by atoms with E-state index in [4.69, 9.17) is 5.73 Å². The number of piperidine rings is 1. The Morgan fingerprint density at radius 3 is 2.69 bits per heavy atom. The molecule has 2 aliphatic heterocycles. The summed E-state index contributed by atoms with van der Waals surface area (Å²) in [4.78, 5) is 10.9. The smallest absolute Gasteiger partial charge is 0.222 e. The Hall–Kier alpha value is -3.05. The van der Waals surface area contributed by atoms with Gasteiger partial charge in [0.2, 0.25) is 5.95 Å². The van der Waals surface area contributed by atoms with E-state index in [1.54, 1.807) is 0 Å². The first kappa shape index (κ1) is 19.6. The summed E-state index contributed by atoms with van der Waals surface area (Å²) in [5.74, 6) is 0.464. The SMILES string of the molecule is CCN1C[C@H]2C[C@@]2(c2ccc(-c3cc(-c4ccc5c(c4)CCN=C5)c(N)nc3F)cc2)C1. The van der Waals surface area contributed by atoms with Crippen LogP contribution in [-0.4, -0.2) is 42.3 Å². The van der Waals surface area contributed by atoms with E-state index in [-0.39, 0.29) is 5.82 Å². The van der Waals surface area contributed by atoms with E-state index in [0.29, 0.717) is 11.0 Å². The Morgan fingerprint density at radius 1 is 1.09 bits per heavy atom. The zero-order valence-corrected chi connectivity index (χ0v) is 18.3. The maximum atomic E-state index is 14.9. The number of nitrogen functional groups attached to an aromatic ring is 1. The number of rotatable bonds is 4. The fraction of sp³-hybridized carbons (Fsp3) is 0.333. The van der Waals surface area contributed by atoms with Crippen LogP contribution < -0.4 is 5.73 Å². The van der Waals surface area contributed by atoms with E-state index < -0.39 is 5.95 Å². The van der Waals surface area contributed by atoms with Crippen LogP contribution in [-0.2, 0) is 11.8 Å². The number of anilines is 1. The summed E-state index contributed by atoms with van der Waals surface area (Å²) in [6.45, 7) is 6.47. The Bertz CT molecular complexity index is 1230. The highest BCUT2D eigenvalue weighted by Crippen LogP contribution is 2.59. The molecule has 0 spiro atoms. The lowest BCUT2D eigenvalue weighted by atomic mass is 9.92. The Balaban J connectivity index is 1.34. The van der Waals surface area contributed by atoms with Crippen LogP contribution in [0.5, 0.6) is 0 Å². The molecule has 2 fully saturated rings. The highest BCUT2D eigenvalue weighted by molar-refractivity contribution is 5.86. The van der Waals surface area contributed by atoms with Gasteiger partial charge in [0.15, 0.2) is 0 Å². The van der Waals surface area contributed by atoms with E-state index in [1.807, 2.05) is 30.5 Å². The van der Waals surface area contributed by atoms with E-state index >= 15 is 0 Å². The van der Waals surface area contributed by atoms with Gasteiger partial charge in [-0.05, 0) is 59.2 Å². The van der Waals surface area contributed by atoms with Gasteiger partial charge in [0, 0.05) is 42.4 Å². The molecule has 5 heteroatoms. The van der Waals surface area contributed by atoms with Crippen molar-refractivity contribution in [3.63, 3.8) is 0 Å². The fourth-order valence-corrected chi connectivity index (χ4v) is 5.66. The topological polar surface area (TPSA) is 54.5 Å². The lowest BCUT2D eigenvalue weighted by Crippen LogP contribution is -2.26. The molecule has 6 rings (SSSR count). The molecule has 3 aromatic rings. The summed E-state index contributed by atoms with van der Waals surface area (Å²) >= 11 is 0. The molecule has 1 aliphatic carbocycles. The second-order valence-electron chi connectivity index (χ2n) is 9.42. The van der Waals surface area contributed by atoms with Gasteiger partial charge in [-0.2, -0.15) is 4.39 Å². The molecule has 1 aromatic heterocycles. The highest BCUT2D eigenvalue weighted by atomic mass is 19.1. The molecule has 3 heterocycles. The van der Waals surface area contributed by atoms with E-state index in [1.165, 1.54) is 24.1 Å². The molecule has 162 valence electrons. The zero-order chi connectivity index (χ0) is 21.9. The summed E-state index contributed by atoms with van der Waals surface area (Å²) in [7, 11) is 0. The van der Waals surface area contributed by atoms with E-state index in [0.717, 1.165) is 54.2 Å². The minimum atomic E-state index is -0.524. The number of aliphatic imine (C=N–C) groups is 1. The maximum Gasteiger partial charge on any atom is 0.222 e. The summed E-state index contributed by atoms with van der Waals surface area (Å²) in [5, 5.41) is 0. The molecule has 2 atom stereocenters. The molecule has 2 aromatic carbocycles. The van der Waals surface area contributed by atoms with Gasteiger partial charge in [0.25, 0.3) is 0 Å². The summed E-state index contributed by atoms with van der Waals surface area (Å²) in [6, 6.07) is 16.5. The molecule has 4 nitrogen and oxygen atoms in total. The van der Waals surface area contributed by atoms with Crippen LogP contribution in [0.2, 0.25) is 0 Å². The zero-order valence-electron chi connectivity index (χ0n) is 18.3. The normalized spacial score (nSPS) is 23.8. The van der Waals surface area contributed by atoms with Crippen molar-refractivity contribution in [2.75, 3.05) is 31.9 Å². The molecule has 0 unspecified atom stereocenters. The third-order valence-electron chi connectivity index (χ3n) is 7.63. The highest BCUT2D eigenvalue weighted by Gasteiger charge is 2.60. The number of hydrogen-bond donors (Lipinski definition) is 1. The quantitative estimate of drug-likeness (QED) is 0.615. The lowest BCUT2D eigenvalue weighted by Gasteiger charge is -2.19. The summed E-state index contributed by atoms with van der Waals surface area (Å²) in [6.07, 6.45) is 4.09. The first-order valence-electron chi connectivity index (χ1n) is 11.5. The number of benzene rings is 2. The molecule has 1 saturated carbocycles. The number of halogens is 1. The molecule has 0 radical (unpaired) electrons. The number of hydrogen-bond acceptors (Lipinski definition) is 4. The fourth-order valence-electron chi connectivity index (χ4n) is 5.66. The standard InChI is InChI=1S/C27H27FN4/c1-2-32-15-22-13-27(22,16-32)21-7-5-17(6-8-21)23-12-24(26(29)31-25(23)28)19-3-4-20-14-30-10-9-18(20)11-19/h3-8,11-12,14,22H,2,9-10,13,15-16H2,1H3,(H2,29,31)/t22-,27+/m1/s1. The van der Waals surface area contributed by atoms with Crippen LogP contribution in [0, 0.1) is 11.9 Å². The number of likely N-dealkylation sites (N-methyl/N-ethyl adjacent to an activating group) is 1. The predicted molar refractivity (Wildman–Crippen MR) is 128 cm³/mol. The molecule has 1 saturated heterocycles. The maximum absolute atomic E-state index is 14.9. The van der Waals surface area contributed by atoms with Crippen LogP contribution in [0.3, 0.4) is 0 Å². The van der Waals surface area contributed by atoms with Crippen LogP contribution in [0.4, 0.5) is 10.2 Å². The van der Waals surface area contributed by atoms with Gasteiger partial charge >= 0.3 is 0 Å².